The Bertz CT molecular complexity index is 109. The molecule has 0 rings (SSSR count). The number of halogens is 3. The van der Waals surface area contributed by atoms with E-state index in [2.05, 4.69) is 6.58 Å². The second-order valence-corrected chi connectivity index (χ2v) is 2.11. The van der Waals surface area contributed by atoms with Gasteiger partial charge in [-0.3, -0.25) is 0 Å². The SMILES string of the molecule is C=CCC(F)C(F)(F)CC. The zero-order chi connectivity index (χ0) is 8.20. The van der Waals surface area contributed by atoms with E-state index < -0.39 is 18.5 Å². The van der Waals surface area contributed by atoms with E-state index >= 15 is 0 Å². The van der Waals surface area contributed by atoms with Crippen molar-refractivity contribution in [3.63, 3.8) is 0 Å². The fourth-order valence-electron chi connectivity index (χ4n) is 0.540. The maximum absolute atomic E-state index is 12.4. The van der Waals surface area contributed by atoms with Crippen molar-refractivity contribution >= 4 is 0 Å². The Hall–Kier alpha value is -0.470. The van der Waals surface area contributed by atoms with Crippen LogP contribution in [0.4, 0.5) is 13.2 Å². The molecule has 0 radical (unpaired) electrons. The van der Waals surface area contributed by atoms with Crippen LogP contribution in [0.5, 0.6) is 0 Å². The van der Waals surface area contributed by atoms with Crippen molar-refractivity contribution in [3.8, 4) is 0 Å². The van der Waals surface area contributed by atoms with E-state index in [-0.39, 0.29) is 6.42 Å². The summed E-state index contributed by atoms with van der Waals surface area (Å²) in [5.41, 5.74) is 0. The molecule has 0 aliphatic heterocycles. The van der Waals surface area contributed by atoms with E-state index in [4.69, 9.17) is 0 Å². The summed E-state index contributed by atoms with van der Waals surface area (Å²) in [7, 11) is 0. The predicted molar refractivity (Wildman–Crippen MR) is 34.9 cm³/mol. The predicted octanol–water partition coefficient (Wildman–Crippen LogP) is 2.95. The van der Waals surface area contributed by atoms with Gasteiger partial charge in [0.15, 0.2) is 6.17 Å². The lowest BCUT2D eigenvalue weighted by molar-refractivity contribution is -0.0731. The smallest absolute Gasteiger partial charge is 0.241 e. The van der Waals surface area contributed by atoms with Gasteiger partial charge in [0, 0.05) is 12.8 Å². The van der Waals surface area contributed by atoms with Gasteiger partial charge in [-0.2, -0.15) is 0 Å². The molecule has 0 fully saturated rings. The fourth-order valence-corrected chi connectivity index (χ4v) is 0.540. The van der Waals surface area contributed by atoms with Crippen molar-refractivity contribution in [1.29, 1.82) is 0 Å². The van der Waals surface area contributed by atoms with E-state index in [1.54, 1.807) is 0 Å². The molecule has 0 amide bonds. The van der Waals surface area contributed by atoms with E-state index in [1.165, 1.54) is 6.92 Å². The third kappa shape index (κ3) is 2.42. The molecular weight excluding hydrogens is 141 g/mol. The lowest BCUT2D eigenvalue weighted by Gasteiger charge is -2.16. The van der Waals surface area contributed by atoms with Crippen LogP contribution in [0.2, 0.25) is 0 Å². The number of hydrogen-bond donors (Lipinski definition) is 0. The molecule has 60 valence electrons. The van der Waals surface area contributed by atoms with Crippen molar-refractivity contribution in [1.82, 2.24) is 0 Å². The summed E-state index contributed by atoms with van der Waals surface area (Å²) >= 11 is 0. The van der Waals surface area contributed by atoms with Gasteiger partial charge in [-0.25, -0.2) is 13.2 Å². The highest BCUT2D eigenvalue weighted by molar-refractivity contribution is 4.82. The second kappa shape index (κ2) is 3.64. The topological polar surface area (TPSA) is 0 Å². The fraction of sp³-hybridized carbons (Fsp3) is 0.714. The van der Waals surface area contributed by atoms with Gasteiger partial charge in [0.05, 0.1) is 0 Å². The van der Waals surface area contributed by atoms with Crippen LogP contribution in [0.3, 0.4) is 0 Å². The molecule has 0 saturated carbocycles. The molecule has 0 bridgehead atoms. The number of hydrogen-bond acceptors (Lipinski definition) is 0. The first-order valence-corrected chi connectivity index (χ1v) is 3.17. The van der Waals surface area contributed by atoms with Gasteiger partial charge in [-0.1, -0.05) is 13.0 Å². The second-order valence-electron chi connectivity index (χ2n) is 2.11. The van der Waals surface area contributed by atoms with Gasteiger partial charge in [0.25, 0.3) is 5.92 Å². The molecule has 0 aromatic carbocycles. The van der Waals surface area contributed by atoms with E-state index in [1.807, 2.05) is 0 Å². The molecule has 0 heterocycles. The zero-order valence-electron chi connectivity index (χ0n) is 5.91. The van der Waals surface area contributed by atoms with Crippen molar-refractivity contribution in [2.24, 2.45) is 0 Å². The van der Waals surface area contributed by atoms with Gasteiger partial charge in [0.1, 0.15) is 0 Å². The molecule has 1 atom stereocenters. The summed E-state index contributed by atoms with van der Waals surface area (Å²) in [6, 6.07) is 0. The Kier molecular flexibility index (Phi) is 3.47. The first-order valence-electron chi connectivity index (χ1n) is 3.17. The monoisotopic (exact) mass is 152 g/mol. The van der Waals surface area contributed by atoms with Crippen molar-refractivity contribution in [3.05, 3.63) is 12.7 Å². The highest BCUT2D eigenvalue weighted by Gasteiger charge is 2.36. The third-order valence-electron chi connectivity index (χ3n) is 1.30. The van der Waals surface area contributed by atoms with Crippen molar-refractivity contribution in [2.75, 3.05) is 0 Å². The molecule has 0 saturated heterocycles. The Balaban J connectivity index is 3.89. The Labute approximate surface area is 58.7 Å². The van der Waals surface area contributed by atoms with Gasteiger partial charge in [-0.15, -0.1) is 6.58 Å². The highest BCUT2D eigenvalue weighted by Crippen LogP contribution is 2.27. The van der Waals surface area contributed by atoms with Crippen LogP contribution in [-0.2, 0) is 0 Å². The number of alkyl halides is 3. The summed E-state index contributed by atoms with van der Waals surface area (Å²) in [4.78, 5) is 0. The molecule has 0 aliphatic carbocycles. The largest absolute Gasteiger partial charge is 0.278 e. The highest BCUT2D eigenvalue weighted by atomic mass is 19.3. The summed E-state index contributed by atoms with van der Waals surface area (Å²) in [5, 5.41) is 0. The van der Waals surface area contributed by atoms with E-state index in [9.17, 15) is 13.2 Å². The third-order valence-corrected chi connectivity index (χ3v) is 1.30. The van der Waals surface area contributed by atoms with E-state index in [0.29, 0.717) is 0 Å². The summed E-state index contributed by atoms with van der Waals surface area (Å²) < 4.78 is 37.0. The molecule has 0 nitrogen and oxygen atoms in total. The molecule has 0 N–H and O–H groups in total. The quantitative estimate of drug-likeness (QED) is 0.543. The maximum Gasteiger partial charge on any atom is 0.278 e. The summed E-state index contributed by atoms with van der Waals surface area (Å²) in [5.74, 6) is -3.19. The van der Waals surface area contributed by atoms with Crippen LogP contribution in [0.15, 0.2) is 12.7 Å². The first kappa shape index (κ1) is 9.53. The van der Waals surface area contributed by atoms with Crippen LogP contribution >= 0.6 is 0 Å². The normalized spacial score (nSPS) is 14.8. The van der Waals surface area contributed by atoms with Gasteiger partial charge in [-0.05, 0) is 0 Å². The number of allylic oxidation sites excluding steroid dienone is 1. The van der Waals surface area contributed by atoms with E-state index in [0.717, 1.165) is 6.08 Å². The Morgan fingerprint density at radius 2 is 2.10 bits per heavy atom. The van der Waals surface area contributed by atoms with Crippen LogP contribution in [0.25, 0.3) is 0 Å². The average molecular weight is 152 g/mol. The minimum absolute atomic E-state index is 0.277. The molecule has 1 unspecified atom stereocenters. The summed E-state index contributed by atoms with van der Waals surface area (Å²) in [6.45, 7) is 4.43. The standard InChI is InChI=1S/C7H11F3/c1-3-5-6(8)7(9,10)4-2/h3,6H,1,4-5H2,2H3. The molecule has 0 aromatic rings. The Morgan fingerprint density at radius 3 is 2.40 bits per heavy atom. The minimum Gasteiger partial charge on any atom is -0.241 e. The minimum atomic E-state index is -3.19. The first-order chi connectivity index (χ1) is 4.54. The zero-order valence-corrected chi connectivity index (χ0v) is 5.91. The van der Waals surface area contributed by atoms with Crippen LogP contribution < -0.4 is 0 Å². The Morgan fingerprint density at radius 1 is 1.60 bits per heavy atom. The van der Waals surface area contributed by atoms with Gasteiger partial charge >= 0.3 is 0 Å². The molecular formula is C7H11F3. The van der Waals surface area contributed by atoms with Crippen molar-refractivity contribution < 1.29 is 13.2 Å². The van der Waals surface area contributed by atoms with Gasteiger partial charge < -0.3 is 0 Å². The molecule has 0 aliphatic rings. The number of rotatable bonds is 4. The molecule has 10 heavy (non-hydrogen) atoms. The van der Waals surface area contributed by atoms with Crippen LogP contribution in [-0.4, -0.2) is 12.1 Å². The molecule has 3 heteroatoms. The summed E-state index contributed by atoms with van der Waals surface area (Å²) in [6.07, 6.45) is -1.65. The molecule has 0 spiro atoms. The maximum atomic E-state index is 12.4. The van der Waals surface area contributed by atoms with Crippen LogP contribution in [0, 0.1) is 0 Å². The van der Waals surface area contributed by atoms with Crippen molar-refractivity contribution in [2.45, 2.75) is 31.9 Å². The lowest BCUT2D eigenvalue weighted by Crippen LogP contribution is -2.28. The molecule has 0 aromatic heterocycles. The lowest BCUT2D eigenvalue weighted by atomic mass is 10.1. The van der Waals surface area contributed by atoms with Crippen LogP contribution in [0.1, 0.15) is 19.8 Å². The average Bonchev–Trinajstić information content (AvgIpc) is 1.89. The van der Waals surface area contributed by atoms with Gasteiger partial charge in [0.2, 0.25) is 0 Å².